The maximum atomic E-state index is 12.4. The minimum absolute atomic E-state index is 0.0167. The summed E-state index contributed by atoms with van der Waals surface area (Å²) in [5, 5.41) is 0. The fourth-order valence-corrected chi connectivity index (χ4v) is 3.56. The number of aryl methyl sites for hydroxylation is 1. The molecule has 4 rings (SSSR count). The molecule has 6 heteroatoms. The molecule has 0 atom stereocenters. The highest BCUT2D eigenvalue weighted by molar-refractivity contribution is 5.96. The van der Waals surface area contributed by atoms with Crippen LogP contribution in [0.3, 0.4) is 0 Å². The lowest BCUT2D eigenvalue weighted by molar-refractivity contribution is -0.118. The molecule has 1 aromatic carbocycles. The van der Waals surface area contributed by atoms with Crippen LogP contribution >= 0.6 is 0 Å². The molecule has 0 bridgehead atoms. The number of anilines is 1. The Morgan fingerprint density at radius 3 is 2.66 bits per heavy atom. The third kappa shape index (κ3) is 4.06. The second-order valence-electron chi connectivity index (χ2n) is 7.07. The summed E-state index contributed by atoms with van der Waals surface area (Å²) in [6.07, 6.45) is 9.05. The molecule has 0 saturated carbocycles. The number of benzene rings is 1. The Morgan fingerprint density at radius 2 is 1.93 bits per heavy atom. The van der Waals surface area contributed by atoms with Crippen LogP contribution in [-0.2, 0) is 17.6 Å². The molecule has 0 aliphatic carbocycles. The van der Waals surface area contributed by atoms with E-state index < -0.39 is 0 Å². The van der Waals surface area contributed by atoms with Gasteiger partial charge in [-0.05, 0) is 48.2 Å². The number of nitrogens with zero attached hydrogens (tertiary/aromatic N) is 4. The summed E-state index contributed by atoms with van der Waals surface area (Å²) in [5.41, 5.74) is 4.54. The molecule has 0 fully saturated rings. The number of hydrogen-bond donors (Lipinski definition) is 0. The molecule has 6 nitrogen and oxygen atoms in total. The summed E-state index contributed by atoms with van der Waals surface area (Å²) in [6, 6.07) is 9.76. The third-order valence-corrected chi connectivity index (χ3v) is 5.17. The Morgan fingerprint density at radius 1 is 1.10 bits per heavy atom. The van der Waals surface area contributed by atoms with Crippen molar-refractivity contribution in [2.75, 3.05) is 11.4 Å². The first-order valence-corrected chi connectivity index (χ1v) is 9.83. The lowest BCUT2D eigenvalue weighted by Crippen LogP contribution is -2.27. The van der Waals surface area contributed by atoms with Gasteiger partial charge in [-0.25, -0.2) is 9.97 Å². The predicted molar refractivity (Wildman–Crippen MR) is 111 cm³/mol. The van der Waals surface area contributed by atoms with E-state index in [1.54, 1.807) is 24.8 Å². The van der Waals surface area contributed by atoms with Crippen LogP contribution < -0.4 is 4.90 Å². The van der Waals surface area contributed by atoms with Crippen molar-refractivity contribution in [3.05, 3.63) is 71.8 Å². The van der Waals surface area contributed by atoms with E-state index in [2.05, 4.69) is 15.0 Å². The number of carbonyl (C=O) groups excluding carboxylic acids is 2. The average Bonchev–Trinajstić information content (AvgIpc) is 3.21. The molecule has 0 unspecified atom stereocenters. The van der Waals surface area contributed by atoms with Crippen LogP contribution in [0.4, 0.5) is 5.69 Å². The normalized spacial score (nSPS) is 12.7. The monoisotopic (exact) mass is 386 g/mol. The Hall–Kier alpha value is -3.41. The molecule has 146 valence electrons. The maximum Gasteiger partial charge on any atom is 0.226 e. The van der Waals surface area contributed by atoms with E-state index in [9.17, 15) is 9.59 Å². The van der Waals surface area contributed by atoms with Crippen molar-refractivity contribution in [1.82, 2.24) is 15.0 Å². The summed E-state index contributed by atoms with van der Waals surface area (Å²) < 4.78 is 0. The van der Waals surface area contributed by atoms with Gasteiger partial charge in [0.25, 0.3) is 0 Å². The van der Waals surface area contributed by atoms with Gasteiger partial charge in [0.2, 0.25) is 5.91 Å². The maximum absolute atomic E-state index is 12.4. The van der Waals surface area contributed by atoms with Gasteiger partial charge in [0, 0.05) is 55.4 Å². The SMILES string of the molecule is CCC(=O)N1CCc2cc(-c3ncc(C(=O)CCc4cccnc4)cn3)ccc21. The van der Waals surface area contributed by atoms with Crippen molar-refractivity contribution in [3.8, 4) is 11.4 Å². The Bertz CT molecular complexity index is 1030. The van der Waals surface area contributed by atoms with Crippen LogP contribution in [0, 0.1) is 0 Å². The highest BCUT2D eigenvalue weighted by atomic mass is 16.2. The van der Waals surface area contributed by atoms with Gasteiger partial charge in [0.05, 0.1) is 5.56 Å². The van der Waals surface area contributed by atoms with Gasteiger partial charge in [-0.1, -0.05) is 13.0 Å². The molecular formula is C23H22N4O2. The van der Waals surface area contributed by atoms with Crippen molar-refractivity contribution >= 4 is 17.4 Å². The number of ketones is 1. The van der Waals surface area contributed by atoms with Crippen molar-refractivity contribution in [1.29, 1.82) is 0 Å². The van der Waals surface area contributed by atoms with Gasteiger partial charge < -0.3 is 4.90 Å². The molecule has 2 aromatic heterocycles. The topological polar surface area (TPSA) is 76.1 Å². The number of carbonyl (C=O) groups is 2. The molecule has 0 spiro atoms. The van der Waals surface area contributed by atoms with Gasteiger partial charge in [-0.2, -0.15) is 0 Å². The van der Waals surface area contributed by atoms with Crippen molar-refractivity contribution in [3.63, 3.8) is 0 Å². The first-order chi connectivity index (χ1) is 14.2. The molecule has 1 aliphatic rings. The van der Waals surface area contributed by atoms with E-state index >= 15 is 0 Å². The Balaban J connectivity index is 1.45. The zero-order valence-electron chi connectivity index (χ0n) is 16.3. The Kier molecular flexibility index (Phi) is 5.42. The van der Waals surface area contributed by atoms with Crippen LogP contribution in [-0.4, -0.2) is 33.2 Å². The van der Waals surface area contributed by atoms with Gasteiger partial charge in [0.15, 0.2) is 11.6 Å². The average molecular weight is 386 g/mol. The standard InChI is InChI=1S/C23H22N4O2/c1-2-22(29)27-11-9-17-12-18(6-7-20(17)27)23-25-14-19(15-26-23)21(28)8-5-16-4-3-10-24-13-16/h3-4,6-7,10,12-15H,2,5,8-9,11H2,1H3. The Labute approximate surface area is 169 Å². The van der Waals surface area contributed by atoms with Crippen molar-refractivity contribution in [2.24, 2.45) is 0 Å². The number of hydrogen-bond acceptors (Lipinski definition) is 5. The minimum Gasteiger partial charge on any atom is -0.312 e. The molecule has 0 radical (unpaired) electrons. The first kappa shape index (κ1) is 18.9. The van der Waals surface area contributed by atoms with Crippen LogP contribution in [0.25, 0.3) is 11.4 Å². The van der Waals surface area contributed by atoms with E-state index in [1.165, 1.54) is 0 Å². The summed E-state index contributed by atoms with van der Waals surface area (Å²) in [6.45, 7) is 2.60. The van der Waals surface area contributed by atoms with Gasteiger partial charge in [0.1, 0.15) is 0 Å². The predicted octanol–water partition coefficient (Wildman–Crippen LogP) is 3.65. The lowest BCUT2D eigenvalue weighted by atomic mass is 10.1. The largest absolute Gasteiger partial charge is 0.312 e. The van der Waals surface area contributed by atoms with Crippen molar-refractivity contribution < 1.29 is 9.59 Å². The van der Waals surface area contributed by atoms with E-state index in [0.717, 1.165) is 35.3 Å². The second kappa shape index (κ2) is 8.31. The zero-order chi connectivity index (χ0) is 20.2. The quantitative estimate of drug-likeness (QED) is 0.605. The number of pyridine rings is 1. The number of rotatable bonds is 6. The number of amides is 1. The third-order valence-electron chi connectivity index (χ3n) is 5.17. The molecule has 3 heterocycles. The van der Waals surface area contributed by atoms with Gasteiger partial charge in [-0.3, -0.25) is 14.6 Å². The molecular weight excluding hydrogens is 364 g/mol. The molecule has 29 heavy (non-hydrogen) atoms. The molecule has 0 N–H and O–H groups in total. The van der Waals surface area contributed by atoms with Crippen LogP contribution in [0.5, 0.6) is 0 Å². The van der Waals surface area contributed by atoms with Crippen molar-refractivity contribution in [2.45, 2.75) is 32.6 Å². The summed E-state index contributed by atoms with van der Waals surface area (Å²) in [4.78, 5) is 39.1. The number of fused-ring (bicyclic) bond motifs is 1. The fraction of sp³-hybridized carbons (Fsp3) is 0.261. The van der Waals surface area contributed by atoms with E-state index in [4.69, 9.17) is 0 Å². The van der Waals surface area contributed by atoms with Crippen LogP contribution in [0.1, 0.15) is 41.3 Å². The van der Waals surface area contributed by atoms with Crippen LogP contribution in [0.15, 0.2) is 55.1 Å². The number of aromatic nitrogens is 3. The molecule has 0 saturated heterocycles. The van der Waals surface area contributed by atoms with E-state index in [-0.39, 0.29) is 11.7 Å². The van der Waals surface area contributed by atoms with Gasteiger partial charge >= 0.3 is 0 Å². The highest BCUT2D eigenvalue weighted by Crippen LogP contribution is 2.31. The number of Topliss-reactive ketones (excluding diaryl/α,β-unsaturated/α-hetero) is 1. The second-order valence-corrected chi connectivity index (χ2v) is 7.07. The first-order valence-electron chi connectivity index (χ1n) is 9.83. The summed E-state index contributed by atoms with van der Waals surface area (Å²) in [7, 11) is 0. The fourth-order valence-electron chi connectivity index (χ4n) is 3.56. The molecule has 1 amide bonds. The summed E-state index contributed by atoms with van der Waals surface area (Å²) in [5.74, 6) is 0.738. The smallest absolute Gasteiger partial charge is 0.226 e. The minimum atomic E-state index is 0.0167. The lowest BCUT2D eigenvalue weighted by Gasteiger charge is -2.16. The molecule has 3 aromatic rings. The van der Waals surface area contributed by atoms with E-state index in [1.807, 2.05) is 42.2 Å². The zero-order valence-corrected chi connectivity index (χ0v) is 16.3. The van der Waals surface area contributed by atoms with Gasteiger partial charge in [-0.15, -0.1) is 0 Å². The molecule has 1 aliphatic heterocycles. The van der Waals surface area contributed by atoms with Crippen LogP contribution in [0.2, 0.25) is 0 Å². The van der Waals surface area contributed by atoms with E-state index in [0.29, 0.717) is 30.7 Å². The highest BCUT2D eigenvalue weighted by Gasteiger charge is 2.24. The summed E-state index contributed by atoms with van der Waals surface area (Å²) >= 11 is 0.